The van der Waals surface area contributed by atoms with E-state index in [1.807, 2.05) is 0 Å². The molecule has 0 spiro atoms. The molecule has 4 heteroatoms. The Morgan fingerprint density at radius 1 is 1.46 bits per heavy atom. The maximum atomic E-state index is 4.44. The molecular formula is C9H14ClN3. The Morgan fingerprint density at radius 3 is 3.08 bits per heavy atom. The first-order valence-electron chi connectivity index (χ1n) is 4.71. The van der Waals surface area contributed by atoms with Gasteiger partial charge in [0.05, 0.1) is 17.9 Å². The molecule has 1 saturated carbocycles. The molecule has 3 nitrogen and oxygen atoms in total. The van der Waals surface area contributed by atoms with E-state index in [0.29, 0.717) is 0 Å². The van der Waals surface area contributed by atoms with Gasteiger partial charge in [-0.25, -0.2) is 0 Å². The average molecular weight is 200 g/mol. The van der Waals surface area contributed by atoms with Crippen molar-refractivity contribution >= 4 is 12.4 Å². The van der Waals surface area contributed by atoms with Crippen molar-refractivity contribution in [3.05, 3.63) is 17.5 Å². The van der Waals surface area contributed by atoms with E-state index >= 15 is 0 Å². The van der Waals surface area contributed by atoms with Crippen LogP contribution in [0, 0.1) is 0 Å². The molecule has 72 valence electrons. The summed E-state index contributed by atoms with van der Waals surface area (Å²) in [7, 11) is 0. The first-order valence-corrected chi connectivity index (χ1v) is 4.71. The molecule has 0 unspecified atom stereocenters. The van der Waals surface area contributed by atoms with Crippen molar-refractivity contribution in [2.24, 2.45) is 0 Å². The number of hydrogen-bond acceptors (Lipinski definition) is 2. The van der Waals surface area contributed by atoms with Crippen LogP contribution in [0.5, 0.6) is 0 Å². The van der Waals surface area contributed by atoms with E-state index in [-0.39, 0.29) is 12.4 Å². The minimum atomic E-state index is 0. The third-order valence-corrected chi connectivity index (χ3v) is 2.74. The van der Waals surface area contributed by atoms with Gasteiger partial charge in [0.15, 0.2) is 0 Å². The second-order valence-corrected chi connectivity index (χ2v) is 3.72. The molecule has 2 heterocycles. The monoisotopic (exact) mass is 199 g/mol. The van der Waals surface area contributed by atoms with Crippen molar-refractivity contribution in [2.45, 2.75) is 31.8 Å². The van der Waals surface area contributed by atoms with Gasteiger partial charge in [0.2, 0.25) is 0 Å². The molecule has 1 fully saturated rings. The summed E-state index contributed by atoms with van der Waals surface area (Å²) in [6.07, 6.45) is 5.86. The highest BCUT2D eigenvalue weighted by molar-refractivity contribution is 5.85. The van der Waals surface area contributed by atoms with Crippen LogP contribution in [-0.2, 0) is 13.0 Å². The van der Waals surface area contributed by atoms with E-state index in [9.17, 15) is 0 Å². The van der Waals surface area contributed by atoms with Crippen molar-refractivity contribution in [1.82, 2.24) is 15.1 Å². The standard InChI is InChI=1S/C9H13N3.ClH/c1-2-8(1)12-9-6-10-4-3-7(9)5-11-12;/h5,8,10H,1-4,6H2;1H. The number of halogens is 1. The summed E-state index contributed by atoms with van der Waals surface area (Å²) < 4.78 is 2.22. The van der Waals surface area contributed by atoms with Gasteiger partial charge in [-0.1, -0.05) is 0 Å². The van der Waals surface area contributed by atoms with Gasteiger partial charge in [-0.3, -0.25) is 4.68 Å². The molecule has 1 aromatic rings. The predicted molar refractivity (Wildman–Crippen MR) is 53.2 cm³/mol. The van der Waals surface area contributed by atoms with Crippen LogP contribution in [0.4, 0.5) is 0 Å². The maximum absolute atomic E-state index is 4.44. The number of nitrogens with one attached hydrogen (secondary N) is 1. The topological polar surface area (TPSA) is 29.9 Å². The minimum absolute atomic E-state index is 0. The molecule has 1 aliphatic carbocycles. The smallest absolute Gasteiger partial charge is 0.0557 e. The normalized spacial score (nSPS) is 20.6. The summed E-state index contributed by atoms with van der Waals surface area (Å²) in [5, 5.41) is 7.83. The van der Waals surface area contributed by atoms with Crippen molar-refractivity contribution in [3.8, 4) is 0 Å². The third kappa shape index (κ3) is 1.46. The molecule has 0 radical (unpaired) electrons. The highest BCUT2D eigenvalue weighted by Gasteiger charge is 2.28. The third-order valence-electron chi connectivity index (χ3n) is 2.74. The van der Waals surface area contributed by atoms with Gasteiger partial charge in [-0.2, -0.15) is 5.10 Å². The zero-order chi connectivity index (χ0) is 7.97. The lowest BCUT2D eigenvalue weighted by molar-refractivity contribution is 0.551. The average Bonchev–Trinajstić information content (AvgIpc) is 2.86. The fourth-order valence-corrected chi connectivity index (χ4v) is 1.89. The van der Waals surface area contributed by atoms with E-state index in [4.69, 9.17) is 0 Å². The quantitative estimate of drug-likeness (QED) is 0.739. The summed E-state index contributed by atoms with van der Waals surface area (Å²) in [5.41, 5.74) is 2.89. The van der Waals surface area contributed by atoms with Gasteiger partial charge in [-0.15, -0.1) is 12.4 Å². The van der Waals surface area contributed by atoms with Crippen LogP contribution in [0.25, 0.3) is 0 Å². The maximum Gasteiger partial charge on any atom is 0.0557 e. The molecule has 0 bridgehead atoms. The summed E-state index contributed by atoms with van der Waals surface area (Å²) in [6, 6.07) is 0.730. The zero-order valence-electron chi connectivity index (χ0n) is 7.49. The van der Waals surface area contributed by atoms with Crippen LogP contribution in [0.15, 0.2) is 6.20 Å². The Kier molecular flexibility index (Phi) is 2.30. The number of rotatable bonds is 1. The molecule has 0 amide bonds. The van der Waals surface area contributed by atoms with Gasteiger partial charge >= 0.3 is 0 Å². The molecule has 0 atom stereocenters. The van der Waals surface area contributed by atoms with Gasteiger partial charge in [-0.05, 0) is 31.4 Å². The van der Waals surface area contributed by atoms with E-state index < -0.39 is 0 Å². The van der Waals surface area contributed by atoms with Gasteiger partial charge in [0.25, 0.3) is 0 Å². The fraction of sp³-hybridized carbons (Fsp3) is 0.667. The molecule has 1 aromatic heterocycles. The van der Waals surface area contributed by atoms with Gasteiger partial charge in [0, 0.05) is 6.54 Å². The Bertz CT molecular complexity index is 304. The fourth-order valence-electron chi connectivity index (χ4n) is 1.89. The van der Waals surface area contributed by atoms with Crippen LogP contribution in [0.3, 0.4) is 0 Å². The molecule has 0 aromatic carbocycles. The van der Waals surface area contributed by atoms with Gasteiger partial charge in [0.1, 0.15) is 0 Å². The highest BCUT2D eigenvalue weighted by Crippen LogP contribution is 2.36. The zero-order valence-corrected chi connectivity index (χ0v) is 8.31. The van der Waals surface area contributed by atoms with Gasteiger partial charge < -0.3 is 5.32 Å². The van der Waals surface area contributed by atoms with E-state index in [1.165, 1.54) is 24.1 Å². The second-order valence-electron chi connectivity index (χ2n) is 3.72. The molecule has 3 rings (SSSR count). The van der Waals surface area contributed by atoms with Crippen LogP contribution < -0.4 is 5.32 Å². The lowest BCUT2D eigenvalue weighted by Gasteiger charge is -2.14. The lowest BCUT2D eigenvalue weighted by Crippen LogP contribution is -2.25. The largest absolute Gasteiger partial charge is 0.311 e. The molecule has 0 saturated heterocycles. The van der Waals surface area contributed by atoms with Crippen LogP contribution in [-0.4, -0.2) is 16.3 Å². The molecule has 1 aliphatic heterocycles. The van der Waals surface area contributed by atoms with E-state index in [0.717, 1.165) is 25.6 Å². The first-order chi connectivity index (χ1) is 5.95. The Hall–Kier alpha value is -0.540. The number of hydrogen-bond donors (Lipinski definition) is 1. The lowest BCUT2D eigenvalue weighted by atomic mass is 10.1. The van der Waals surface area contributed by atoms with Crippen molar-refractivity contribution < 1.29 is 0 Å². The molecule has 1 N–H and O–H groups in total. The summed E-state index contributed by atoms with van der Waals surface area (Å²) >= 11 is 0. The second kappa shape index (κ2) is 3.31. The van der Waals surface area contributed by atoms with Crippen molar-refractivity contribution in [2.75, 3.05) is 6.54 Å². The summed E-state index contributed by atoms with van der Waals surface area (Å²) in [6.45, 7) is 2.13. The van der Waals surface area contributed by atoms with Crippen LogP contribution >= 0.6 is 12.4 Å². The number of fused-ring (bicyclic) bond motifs is 1. The van der Waals surface area contributed by atoms with Crippen molar-refractivity contribution in [1.29, 1.82) is 0 Å². The van der Waals surface area contributed by atoms with Crippen LogP contribution in [0.1, 0.15) is 30.1 Å². The van der Waals surface area contributed by atoms with E-state index in [1.54, 1.807) is 0 Å². The highest BCUT2D eigenvalue weighted by atomic mass is 35.5. The Balaban J connectivity index is 0.000000653. The van der Waals surface area contributed by atoms with Crippen LogP contribution in [0.2, 0.25) is 0 Å². The Labute approximate surface area is 83.9 Å². The SMILES string of the molecule is Cl.c1nn(C2CC2)c2c1CCNC2. The van der Waals surface area contributed by atoms with E-state index in [2.05, 4.69) is 21.3 Å². The molecular weight excluding hydrogens is 186 g/mol. The summed E-state index contributed by atoms with van der Waals surface area (Å²) in [5.74, 6) is 0. The number of aromatic nitrogens is 2. The molecule has 2 aliphatic rings. The number of nitrogens with zero attached hydrogens (tertiary/aromatic N) is 2. The minimum Gasteiger partial charge on any atom is -0.311 e. The molecule has 13 heavy (non-hydrogen) atoms. The summed E-state index contributed by atoms with van der Waals surface area (Å²) in [4.78, 5) is 0. The Morgan fingerprint density at radius 2 is 2.31 bits per heavy atom. The predicted octanol–water partition coefficient (Wildman–Crippen LogP) is 1.29. The van der Waals surface area contributed by atoms with Crippen molar-refractivity contribution in [3.63, 3.8) is 0 Å². The first kappa shape index (κ1) is 9.03.